The molecular weight excluding hydrogens is 224 g/mol. The predicted molar refractivity (Wildman–Crippen MR) is 74.6 cm³/mol. The standard InChI is InChI=1S/C15H22N2O/c1-10-8-9-17(15(18)11(2)12(3)16)14-7-5-4-6-13(10)14/h4-7,10-12H,8-9,16H2,1-3H3. The summed E-state index contributed by atoms with van der Waals surface area (Å²) in [5, 5.41) is 0. The van der Waals surface area contributed by atoms with Crippen LogP contribution >= 0.6 is 0 Å². The van der Waals surface area contributed by atoms with Crippen molar-refractivity contribution in [2.24, 2.45) is 11.7 Å². The summed E-state index contributed by atoms with van der Waals surface area (Å²) in [6.07, 6.45) is 1.02. The number of amides is 1. The lowest BCUT2D eigenvalue weighted by Gasteiger charge is -2.35. The summed E-state index contributed by atoms with van der Waals surface area (Å²) in [5.74, 6) is 0.534. The maximum Gasteiger partial charge on any atom is 0.231 e. The van der Waals surface area contributed by atoms with E-state index < -0.39 is 0 Å². The van der Waals surface area contributed by atoms with Crippen molar-refractivity contribution in [3.8, 4) is 0 Å². The third kappa shape index (κ3) is 2.27. The minimum Gasteiger partial charge on any atom is -0.327 e. The number of hydrogen-bond acceptors (Lipinski definition) is 2. The fourth-order valence-corrected chi connectivity index (χ4v) is 2.45. The first-order valence-corrected chi connectivity index (χ1v) is 6.68. The molecule has 3 unspecified atom stereocenters. The van der Waals surface area contributed by atoms with Gasteiger partial charge < -0.3 is 10.6 Å². The first kappa shape index (κ1) is 13.1. The molecule has 0 aliphatic carbocycles. The third-order valence-electron chi connectivity index (χ3n) is 3.99. The molecule has 1 heterocycles. The van der Waals surface area contributed by atoms with E-state index in [2.05, 4.69) is 13.0 Å². The number of fused-ring (bicyclic) bond motifs is 1. The van der Waals surface area contributed by atoms with Crippen LogP contribution in [0, 0.1) is 5.92 Å². The Morgan fingerprint density at radius 3 is 2.72 bits per heavy atom. The Kier molecular flexibility index (Phi) is 3.71. The Bertz CT molecular complexity index is 442. The summed E-state index contributed by atoms with van der Waals surface area (Å²) in [6, 6.07) is 8.09. The Balaban J connectivity index is 2.32. The number of benzene rings is 1. The van der Waals surface area contributed by atoms with Crippen molar-refractivity contribution < 1.29 is 4.79 Å². The van der Waals surface area contributed by atoms with E-state index in [1.54, 1.807) is 0 Å². The molecule has 1 aliphatic heterocycles. The van der Waals surface area contributed by atoms with Crippen LogP contribution in [0.4, 0.5) is 5.69 Å². The largest absolute Gasteiger partial charge is 0.327 e. The van der Waals surface area contributed by atoms with Crippen LogP contribution in [0.3, 0.4) is 0 Å². The van der Waals surface area contributed by atoms with Gasteiger partial charge in [0.05, 0.1) is 5.92 Å². The normalized spacial score (nSPS) is 22.2. The van der Waals surface area contributed by atoms with E-state index in [1.807, 2.05) is 36.9 Å². The quantitative estimate of drug-likeness (QED) is 0.871. The SMILES string of the molecule is CC1CCN(C(=O)C(C)C(C)N)c2ccccc21. The smallest absolute Gasteiger partial charge is 0.231 e. The molecule has 3 atom stereocenters. The summed E-state index contributed by atoms with van der Waals surface area (Å²) < 4.78 is 0. The molecule has 2 N–H and O–H groups in total. The van der Waals surface area contributed by atoms with E-state index in [4.69, 9.17) is 5.73 Å². The molecule has 0 fully saturated rings. The predicted octanol–water partition coefficient (Wildman–Crippen LogP) is 2.51. The maximum atomic E-state index is 12.5. The molecule has 3 heteroatoms. The molecule has 0 radical (unpaired) electrons. The van der Waals surface area contributed by atoms with Gasteiger partial charge in [-0.25, -0.2) is 0 Å². The summed E-state index contributed by atoms with van der Waals surface area (Å²) >= 11 is 0. The molecule has 0 aromatic heterocycles. The summed E-state index contributed by atoms with van der Waals surface area (Å²) in [6.45, 7) is 6.82. The van der Waals surface area contributed by atoms with Gasteiger partial charge in [-0.3, -0.25) is 4.79 Å². The van der Waals surface area contributed by atoms with Gasteiger partial charge in [0.15, 0.2) is 0 Å². The molecule has 1 amide bonds. The minimum absolute atomic E-state index is 0.107. The van der Waals surface area contributed by atoms with Gasteiger partial charge in [-0.05, 0) is 30.9 Å². The van der Waals surface area contributed by atoms with Gasteiger partial charge in [-0.15, -0.1) is 0 Å². The van der Waals surface area contributed by atoms with Crippen molar-refractivity contribution >= 4 is 11.6 Å². The van der Waals surface area contributed by atoms with Crippen molar-refractivity contribution in [1.82, 2.24) is 0 Å². The molecule has 1 aliphatic rings. The van der Waals surface area contributed by atoms with Gasteiger partial charge in [0, 0.05) is 18.3 Å². The van der Waals surface area contributed by atoms with Crippen LogP contribution in [-0.4, -0.2) is 18.5 Å². The molecule has 1 aromatic rings. The molecular formula is C15H22N2O. The summed E-state index contributed by atoms with van der Waals surface area (Å²) in [4.78, 5) is 14.4. The molecule has 98 valence electrons. The Morgan fingerprint density at radius 2 is 2.06 bits per heavy atom. The van der Waals surface area contributed by atoms with Gasteiger partial charge in [0.25, 0.3) is 0 Å². The number of nitrogens with zero attached hydrogens (tertiary/aromatic N) is 1. The maximum absolute atomic E-state index is 12.5. The van der Waals surface area contributed by atoms with Gasteiger partial charge in [-0.1, -0.05) is 32.0 Å². The first-order valence-electron chi connectivity index (χ1n) is 6.68. The lowest BCUT2D eigenvalue weighted by atomic mass is 9.90. The number of carbonyl (C=O) groups excluding carboxylic acids is 1. The van der Waals surface area contributed by atoms with Gasteiger partial charge in [0.2, 0.25) is 5.91 Å². The van der Waals surface area contributed by atoms with Crippen LogP contribution < -0.4 is 10.6 Å². The Labute approximate surface area is 109 Å². The third-order valence-corrected chi connectivity index (χ3v) is 3.99. The zero-order valence-corrected chi connectivity index (χ0v) is 11.4. The highest BCUT2D eigenvalue weighted by molar-refractivity contribution is 5.96. The van der Waals surface area contributed by atoms with Crippen molar-refractivity contribution in [2.75, 3.05) is 11.4 Å². The second-order valence-electron chi connectivity index (χ2n) is 5.39. The average molecular weight is 246 g/mol. The van der Waals surface area contributed by atoms with Crippen molar-refractivity contribution in [1.29, 1.82) is 0 Å². The monoisotopic (exact) mass is 246 g/mol. The van der Waals surface area contributed by atoms with E-state index in [1.165, 1.54) is 5.56 Å². The lowest BCUT2D eigenvalue weighted by molar-refractivity contribution is -0.122. The van der Waals surface area contributed by atoms with Crippen LogP contribution in [0.25, 0.3) is 0 Å². The van der Waals surface area contributed by atoms with Crippen LogP contribution in [0.15, 0.2) is 24.3 Å². The number of rotatable bonds is 2. The summed E-state index contributed by atoms with van der Waals surface area (Å²) in [5.41, 5.74) is 8.18. The zero-order valence-electron chi connectivity index (χ0n) is 11.4. The molecule has 18 heavy (non-hydrogen) atoms. The molecule has 0 saturated carbocycles. The van der Waals surface area contributed by atoms with Gasteiger partial charge in [0.1, 0.15) is 0 Å². The van der Waals surface area contributed by atoms with E-state index in [-0.39, 0.29) is 17.9 Å². The number of nitrogens with two attached hydrogens (primary N) is 1. The van der Waals surface area contributed by atoms with Crippen LogP contribution in [0.2, 0.25) is 0 Å². The molecule has 0 spiro atoms. The Morgan fingerprint density at radius 1 is 1.39 bits per heavy atom. The van der Waals surface area contributed by atoms with Gasteiger partial charge in [-0.2, -0.15) is 0 Å². The van der Waals surface area contributed by atoms with Crippen molar-refractivity contribution in [3.05, 3.63) is 29.8 Å². The number of anilines is 1. The lowest BCUT2D eigenvalue weighted by Crippen LogP contribution is -2.44. The molecule has 2 rings (SSSR count). The first-order chi connectivity index (χ1) is 8.52. The number of para-hydroxylation sites is 1. The Hall–Kier alpha value is -1.35. The fourth-order valence-electron chi connectivity index (χ4n) is 2.45. The van der Waals surface area contributed by atoms with E-state index in [0.29, 0.717) is 5.92 Å². The van der Waals surface area contributed by atoms with Crippen LogP contribution in [0.1, 0.15) is 38.7 Å². The topological polar surface area (TPSA) is 46.3 Å². The second-order valence-corrected chi connectivity index (χ2v) is 5.39. The summed E-state index contributed by atoms with van der Waals surface area (Å²) in [7, 11) is 0. The zero-order chi connectivity index (χ0) is 13.3. The molecule has 3 nitrogen and oxygen atoms in total. The van der Waals surface area contributed by atoms with Crippen molar-refractivity contribution in [2.45, 2.75) is 39.2 Å². The highest BCUT2D eigenvalue weighted by Crippen LogP contribution is 2.35. The highest BCUT2D eigenvalue weighted by Gasteiger charge is 2.29. The highest BCUT2D eigenvalue weighted by atomic mass is 16.2. The van der Waals surface area contributed by atoms with Crippen LogP contribution in [-0.2, 0) is 4.79 Å². The molecule has 0 saturated heterocycles. The van der Waals surface area contributed by atoms with Crippen molar-refractivity contribution in [3.63, 3.8) is 0 Å². The number of hydrogen-bond donors (Lipinski definition) is 1. The molecule has 1 aromatic carbocycles. The average Bonchev–Trinajstić information content (AvgIpc) is 2.38. The second kappa shape index (κ2) is 5.11. The minimum atomic E-state index is -0.133. The van der Waals surface area contributed by atoms with E-state index in [9.17, 15) is 4.79 Å². The fraction of sp³-hybridized carbons (Fsp3) is 0.533. The van der Waals surface area contributed by atoms with Gasteiger partial charge >= 0.3 is 0 Å². The van der Waals surface area contributed by atoms with E-state index >= 15 is 0 Å². The van der Waals surface area contributed by atoms with Crippen LogP contribution in [0.5, 0.6) is 0 Å². The van der Waals surface area contributed by atoms with E-state index in [0.717, 1.165) is 18.7 Å². The molecule has 0 bridgehead atoms. The number of carbonyl (C=O) groups is 1.